The first kappa shape index (κ1) is 57.5. The summed E-state index contributed by atoms with van der Waals surface area (Å²) in [4.78, 5) is 37.5. The van der Waals surface area contributed by atoms with Crippen molar-refractivity contribution in [3.63, 3.8) is 0 Å². The zero-order chi connectivity index (χ0) is 43.6. The maximum Gasteiger partial charge on any atom is 0.306 e. The van der Waals surface area contributed by atoms with Gasteiger partial charge in [0.05, 0.1) is 27.7 Å². The number of carbonyl (C=O) groups excluding carboxylic acids is 2. The molecule has 9 nitrogen and oxygen atoms in total. The standard InChI is InChI=1S/C49H94NO8P/c1-6-8-10-12-14-16-18-20-21-22-23-24-25-26-27-28-29-30-32-34-36-38-40-42-49(52)58-47(46-57-59(53,54)56-44-43-50(3,4)5)45-55-48(51)41-39-37-35-33-31-19-17-15-13-11-9-7-2/h28-29,34,36,47H,6-27,30-33,35,37-46H2,1-5H3/b29-28+,36-34+/t47-/m1/s1. The van der Waals surface area contributed by atoms with E-state index in [-0.39, 0.29) is 26.1 Å². The number of rotatable bonds is 45. The van der Waals surface area contributed by atoms with E-state index >= 15 is 0 Å². The Balaban J connectivity index is 4.27. The van der Waals surface area contributed by atoms with Crippen molar-refractivity contribution in [1.29, 1.82) is 0 Å². The number of nitrogens with zero attached hydrogens (tertiary/aromatic N) is 1. The quantitative estimate of drug-likeness (QED) is 0.0196. The molecule has 0 aliphatic carbocycles. The highest BCUT2D eigenvalue weighted by Gasteiger charge is 2.21. The molecule has 348 valence electrons. The number of quaternary nitrogens is 1. The molecule has 0 aliphatic heterocycles. The third kappa shape index (κ3) is 45.8. The third-order valence-corrected chi connectivity index (χ3v) is 11.7. The summed E-state index contributed by atoms with van der Waals surface area (Å²) in [6.07, 6.45) is 46.5. The summed E-state index contributed by atoms with van der Waals surface area (Å²) in [6.45, 7) is 4.21. The van der Waals surface area contributed by atoms with Crippen LogP contribution in [0.2, 0.25) is 0 Å². The smallest absolute Gasteiger partial charge is 0.306 e. The molecule has 0 saturated heterocycles. The molecule has 0 bridgehead atoms. The minimum Gasteiger partial charge on any atom is -0.756 e. The predicted octanol–water partition coefficient (Wildman–Crippen LogP) is 13.7. The lowest BCUT2D eigenvalue weighted by Gasteiger charge is -2.28. The Morgan fingerprint density at radius 3 is 1.36 bits per heavy atom. The Hall–Kier alpha value is -1.51. The van der Waals surface area contributed by atoms with Crippen LogP contribution in [0.1, 0.15) is 226 Å². The molecule has 0 rings (SSSR count). The zero-order valence-electron chi connectivity index (χ0n) is 39.2. The van der Waals surface area contributed by atoms with E-state index < -0.39 is 32.5 Å². The minimum absolute atomic E-state index is 0.0356. The third-order valence-electron chi connectivity index (χ3n) is 10.7. The van der Waals surface area contributed by atoms with Crippen LogP contribution in [-0.2, 0) is 32.7 Å². The van der Waals surface area contributed by atoms with E-state index in [0.29, 0.717) is 17.4 Å². The van der Waals surface area contributed by atoms with Crippen LogP contribution in [0.25, 0.3) is 0 Å². The number of esters is 2. The number of likely N-dealkylation sites (N-methyl/N-ethyl adjacent to an activating group) is 1. The van der Waals surface area contributed by atoms with Crippen molar-refractivity contribution in [1.82, 2.24) is 0 Å². The van der Waals surface area contributed by atoms with Crippen LogP contribution >= 0.6 is 7.82 Å². The van der Waals surface area contributed by atoms with Crippen molar-refractivity contribution < 1.29 is 42.1 Å². The van der Waals surface area contributed by atoms with Crippen LogP contribution in [0.15, 0.2) is 24.3 Å². The summed E-state index contributed by atoms with van der Waals surface area (Å²) < 4.78 is 33.9. The van der Waals surface area contributed by atoms with E-state index in [9.17, 15) is 19.0 Å². The number of phosphoric acid groups is 1. The summed E-state index contributed by atoms with van der Waals surface area (Å²) in [5.74, 6) is -0.875. The van der Waals surface area contributed by atoms with E-state index in [1.54, 1.807) is 0 Å². The average Bonchev–Trinajstić information content (AvgIpc) is 3.19. The Kier molecular flexibility index (Phi) is 40.8. The molecule has 10 heteroatoms. The van der Waals surface area contributed by atoms with Crippen LogP contribution in [0.4, 0.5) is 0 Å². The molecule has 0 amide bonds. The summed E-state index contributed by atoms with van der Waals surface area (Å²) >= 11 is 0. The fraction of sp³-hybridized carbons (Fsp3) is 0.878. The summed E-state index contributed by atoms with van der Waals surface area (Å²) in [6, 6.07) is 0. The van der Waals surface area contributed by atoms with Gasteiger partial charge in [-0.05, 0) is 44.9 Å². The largest absolute Gasteiger partial charge is 0.756 e. The second-order valence-corrected chi connectivity index (χ2v) is 19.2. The lowest BCUT2D eigenvalue weighted by Crippen LogP contribution is -2.37. The first-order chi connectivity index (χ1) is 28.5. The van der Waals surface area contributed by atoms with Gasteiger partial charge in [0, 0.05) is 12.8 Å². The number of carbonyl (C=O) groups is 2. The minimum atomic E-state index is -4.63. The first-order valence-electron chi connectivity index (χ1n) is 24.5. The number of allylic oxidation sites excluding steroid dienone is 4. The lowest BCUT2D eigenvalue weighted by molar-refractivity contribution is -0.870. The van der Waals surface area contributed by atoms with E-state index in [1.165, 1.54) is 148 Å². The molecule has 0 spiro atoms. The number of phosphoric ester groups is 1. The number of unbranched alkanes of at least 4 members (excludes halogenated alkanes) is 27. The van der Waals surface area contributed by atoms with Gasteiger partial charge in [-0.2, -0.15) is 0 Å². The van der Waals surface area contributed by atoms with Gasteiger partial charge in [-0.15, -0.1) is 0 Å². The van der Waals surface area contributed by atoms with Gasteiger partial charge in [0.1, 0.15) is 19.8 Å². The molecule has 0 radical (unpaired) electrons. The SMILES string of the molecule is CCCCCCCCCCCCCCCC/C=C/CC/C=C/CCCC(=O)O[C@H](COC(=O)CCCCCCCCCCCCCC)COP(=O)([O-])OCC[N+](C)(C)C. The molecular formula is C49H94NO8P. The van der Waals surface area contributed by atoms with Crippen LogP contribution in [0, 0.1) is 0 Å². The summed E-state index contributed by atoms with van der Waals surface area (Å²) in [5, 5.41) is 0. The first-order valence-corrected chi connectivity index (χ1v) is 26.0. The molecule has 59 heavy (non-hydrogen) atoms. The summed E-state index contributed by atoms with van der Waals surface area (Å²) in [7, 11) is 1.15. The molecule has 0 heterocycles. The van der Waals surface area contributed by atoms with Gasteiger partial charge in [-0.3, -0.25) is 14.2 Å². The molecule has 0 saturated carbocycles. The molecular weight excluding hydrogens is 762 g/mol. The van der Waals surface area contributed by atoms with Gasteiger partial charge < -0.3 is 27.9 Å². The van der Waals surface area contributed by atoms with E-state index in [1.807, 2.05) is 21.1 Å². The highest BCUT2D eigenvalue weighted by molar-refractivity contribution is 7.45. The van der Waals surface area contributed by atoms with E-state index in [4.69, 9.17) is 18.5 Å². The van der Waals surface area contributed by atoms with Crippen LogP contribution < -0.4 is 4.89 Å². The van der Waals surface area contributed by atoms with Crippen LogP contribution in [-0.4, -0.2) is 70.0 Å². The molecule has 2 atom stereocenters. The van der Waals surface area contributed by atoms with Gasteiger partial charge in [0.25, 0.3) is 7.82 Å². The van der Waals surface area contributed by atoms with Gasteiger partial charge in [0.15, 0.2) is 6.10 Å². The fourth-order valence-corrected chi connectivity index (χ4v) is 7.58. The molecule has 0 aromatic rings. The van der Waals surface area contributed by atoms with Crippen molar-refractivity contribution in [2.45, 2.75) is 232 Å². The molecule has 0 fully saturated rings. The predicted molar refractivity (Wildman–Crippen MR) is 245 cm³/mol. The van der Waals surface area contributed by atoms with Crippen molar-refractivity contribution in [2.24, 2.45) is 0 Å². The van der Waals surface area contributed by atoms with Crippen LogP contribution in [0.5, 0.6) is 0 Å². The molecule has 1 unspecified atom stereocenters. The Morgan fingerprint density at radius 2 is 0.898 bits per heavy atom. The van der Waals surface area contributed by atoms with Gasteiger partial charge >= 0.3 is 11.9 Å². The topological polar surface area (TPSA) is 111 Å². The number of ether oxygens (including phenoxy) is 2. The Bertz CT molecular complexity index is 1060. The molecule has 0 N–H and O–H groups in total. The second kappa shape index (κ2) is 41.8. The molecule has 0 aromatic carbocycles. The van der Waals surface area contributed by atoms with Crippen molar-refractivity contribution in [3.8, 4) is 0 Å². The normalized spacial score (nSPS) is 13.7. The van der Waals surface area contributed by atoms with E-state index in [0.717, 1.165) is 44.9 Å². The van der Waals surface area contributed by atoms with Crippen LogP contribution in [0.3, 0.4) is 0 Å². The molecule has 0 aromatic heterocycles. The maximum atomic E-state index is 12.7. The lowest BCUT2D eigenvalue weighted by atomic mass is 10.0. The highest BCUT2D eigenvalue weighted by atomic mass is 31.2. The van der Waals surface area contributed by atoms with Gasteiger partial charge in [-0.25, -0.2) is 0 Å². The Labute approximate surface area is 364 Å². The van der Waals surface area contributed by atoms with Gasteiger partial charge in [-0.1, -0.05) is 192 Å². The fourth-order valence-electron chi connectivity index (χ4n) is 6.85. The Morgan fingerprint density at radius 1 is 0.508 bits per heavy atom. The highest BCUT2D eigenvalue weighted by Crippen LogP contribution is 2.38. The van der Waals surface area contributed by atoms with Gasteiger partial charge in [0.2, 0.25) is 0 Å². The number of hydrogen-bond acceptors (Lipinski definition) is 8. The number of hydrogen-bond donors (Lipinski definition) is 0. The maximum absolute atomic E-state index is 12.7. The van der Waals surface area contributed by atoms with Crippen molar-refractivity contribution in [3.05, 3.63) is 24.3 Å². The van der Waals surface area contributed by atoms with E-state index in [2.05, 4.69) is 38.2 Å². The monoisotopic (exact) mass is 856 g/mol. The van der Waals surface area contributed by atoms with Crippen molar-refractivity contribution in [2.75, 3.05) is 47.5 Å². The van der Waals surface area contributed by atoms with Crippen molar-refractivity contribution >= 4 is 19.8 Å². The second-order valence-electron chi connectivity index (χ2n) is 17.8. The zero-order valence-corrected chi connectivity index (χ0v) is 40.1. The summed E-state index contributed by atoms with van der Waals surface area (Å²) in [5.41, 5.74) is 0. The average molecular weight is 856 g/mol. The molecule has 0 aliphatic rings.